The Morgan fingerprint density at radius 2 is 2.00 bits per heavy atom. The van der Waals surface area contributed by atoms with Gasteiger partial charge in [0.15, 0.2) is 5.01 Å². The maximum Gasteiger partial charge on any atom is 0.166 e. The Morgan fingerprint density at radius 1 is 1.07 bits per heavy atom. The van der Waals surface area contributed by atoms with Gasteiger partial charge in [0.05, 0.1) is 0 Å². The van der Waals surface area contributed by atoms with Crippen molar-refractivity contribution in [3.8, 4) is 10.7 Å². The smallest absolute Gasteiger partial charge is 0.166 e. The molecule has 3 aromatic rings. The molecule has 0 saturated carbocycles. The number of rotatable bonds is 1. The number of fused-ring (bicyclic) bond motifs is 1. The Kier molecular flexibility index (Phi) is 1.93. The van der Waals surface area contributed by atoms with Gasteiger partial charge in [-0.05, 0) is 11.5 Å². The first kappa shape index (κ1) is 8.49. The van der Waals surface area contributed by atoms with Crippen LogP contribution >= 0.6 is 11.3 Å². The summed E-state index contributed by atoms with van der Waals surface area (Å²) in [6.07, 6.45) is 1.80. The van der Waals surface area contributed by atoms with Crippen LogP contribution in [0.2, 0.25) is 0 Å². The summed E-state index contributed by atoms with van der Waals surface area (Å²) in [5, 5.41) is 11.0. The summed E-state index contributed by atoms with van der Waals surface area (Å²) in [5.41, 5.74) is 2.63. The monoisotopic (exact) mass is 213 g/mol. The van der Waals surface area contributed by atoms with Crippen LogP contribution < -0.4 is 0 Å². The van der Waals surface area contributed by atoms with E-state index in [9.17, 15) is 0 Å². The van der Waals surface area contributed by atoms with E-state index in [1.807, 2.05) is 18.2 Å². The summed E-state index contributed by atoms with van der Waals surface area (Å²) in [5.74, 6) is 0. The molecule has 0 aliphatic rings. The Balaban J connectivity index is 2.36. The molecule has 0 spiro atoms. The summed E-state index contributed by atoms with van der Waals surface area (Å²) in [6.45, 7) is 0. The average Bonchev–Trinajstić information content (AvgIpc) is 2.82. The van der Waals surface area contributed by atoms with Crippen LogP contribution in [-0.2, 0) is 0 Å². The van der Waals surface area contributed by atoms with Crippen LogP contribution in [0.4, 0.5) is 0 Å². The third-order valence-electron chi connectivity index (χ3n) is 2.24. The van der Waals surface area contributed by atoms with E-state index in [1.165, 1.54) is 16.7 Å². The molecule has 0 bridgehead atoms. The van der Waals surface area contributed by atoms with Gasteiger partial charge in [-0.3, -0.25) is 4.98 Å². The van der Waals surface area contributed by atoms with Crippen LogP contribution in [0.5, 0.6) is 0 Å². The van der Waals surface area contributed by atoms with E-state index in [-0.39, 0.29) is 0 Å². The highest BCUT2D eigenvalue weighted by Gasteiger charge is 2.06. The Morgan fingerprint density at radius 3 is 2.87 bits per heavy atom. The van der Waals surface area contributed by atoms with Crippen molar-refractivity contribution in [1.82, 2.24) is 15.2 Å². The van der Waals surface area contributed by atoms with Gasteiger partial charge in [0.25, 0.3) is 0 Å². The Labute approximate surface area is 90.4 Å². The largest absolute Gasteiger partial charge is 0.253 e. The lowest BCUT2D eigenvalue weighted by Gasteiger charge is -2.00. The fourth-order valence-corrected chi connectivity index (χ4v) is 2.13. The van der Waals surface area contributed by atoms with Crippen LogP contribution in [0, 0.1) is 0 Å². The summed E-state index contributed by atoms with van der Waals surface area (Å²) >= 11 is 1.51. The number of hydrogen-bond acceptors (Lipinski definition) is 4. The van der Waals surface area contributed by atoms with Crippen LogP contribution in [0.25, 0.3) is 21.5 Å². The second-order valence-electron chi connectivity index (χ2n) is 3.12. The summed E-state index contributed by atoms with van der Waals surface area (Å²) in [6, 6.07) is 10.2. The summed E-state index contributed by atoms with van der Waals surface area (Å²) < 4.78 is 0. The maximum absolute atomic E-state index is 4.36. The topological polar surface area (TPSA) is 38.7 Å². The van der Waals surface area contributed by atoms with E-state index in [0.29, 0.717) is 0 Å². The van der Waals surface area contributed by atoms with Gasteiger partial charge in [-0.25, -0.2) is 0 Å². The zero-order chi connectivity index (χ0) is 10.1. The molecule has 0 atom stereocenters. The van der Waals surface area contributed by atoms with E-state index in [2.05, 4.69) is 27.3 Å². The van der Waals surface area contributed by atoms with Crippen LogP contribution in [-0.4, -0.2) is 15.2 Å². The minimum absolute atomic E-state index is 0.867. The lowest BCUT2D eigenvalue weighted by molar-refractivity contribution is 1.09. The minimum Gasteiger partial charge on any atom is -0.253 e. The molecule has 2 heterocycles. The van der Waals surface area contributed by atoms with Crippen LogP contribution in [0.3, 0.4) is 0 Å². The molecule has 3 nitrogen and oxygen atoms in total. The van der Waals surface area contributed by atoms with Crippen molar-refractivity contribution in [2.45, 2.75) is 0 Å². The minimum atomic E-state index is 0.867. The van der Waals surface area contributed by atoms with Crippen molar-refractivity contribution in [2.24, 2.45) is 0 Å². The van der Waals surface area contributed by atoms with Crippen molar-refractivity contribution >= 4 is 22.1 Å². The molecule has 2 aromatic heterocycles. The average molecular weight is 213 g/mol. The van der Waals surface area contributed by atoms with E-state index >= 15 is 0 Å². The highest BCUT2D eigenvalue weighted by molar-refractivity contribution is 7.12. The fraction of sp³-hybridized carbons (Fsp3) is 0. The molecule has 3 rings (SSSR count). The zero-order valence-electron chi connectivity index (χ0n) is 7.79. The first-order chi connectivity index (χ1) is 7.45. The second-order valence-corrected chi connectivity index (χ2v) is 3.96. The molecule has 0 amide bonds. The molecule has 0 aliphatic heterocycles. The maximum atomic E-state index is 4.36. The molecule has 0 saturated heterocycles. The van der Waals surface area contributed by atoms with E-state index in [1.54, 1.807) is 11.7 Å². The van der Waals surface area contributed by atoms with E-state index in [4.69, 9.17) is 0 Å². The lowest BCUT2D eigenvalue weighted by Crippen LogP contribution is -1.84. The molecular formula is C11H7N3S. The van der Waals surface area contributed by atoms with Gasteiger partial charge in [-0.2, -0.15) is 0 Å². The second kappa shape index (κ2) is 3.40. The molecule has 0 aliphatic carbocycles. The highest BCUT2D eigenvalue weighted by Crippen LogP contribution is 2.26. The predicted octanol–water partition coefficient (Wildman–Crippen LogP) is 2.75. The molecular weight excluding hydrogens is 206 g/mol. The number of pyridine rings is 1. The van der Waals surface area contributed by atoms with Crippen molar-refractivity contribution in [3.05, 3.63) is 42.0 Å². The number of hydrogen-bond donors (Lipinski definition) is 0. The normalized spacial score (nSPS) is 10.7. The van der Waals surface area contributed by atoms with E-state index < -0.39 is 0 Å². The molecule has 0 N–H and O–H groups in total. The highest BCUT2D eigenvalue weighted by atomic mass is 32.1. The molecule has 4 heteroatoms. The van der Waals surface area contributed by atoms with Crippen molar-refractivity contribution < 1.29 is 0 Å². The van der Waals surface area contributed by atoms with Gasteiger partial charge < -0.3 is 0 Å². The molecule has 1 aromatic carbocycles. The van der Waals surface area contributed by atoms with Gasteiger partial charge in [-0.15, -0.1) is 10.2 Å². The van der Waals surface area contributed by atoms with Gasteiger partial charge in [0, 0.05) is 11.6 Å². The van der Waals surface area contributed by atoms with Gasteiger partial charge in [-0.1, -0.05) is 35.6 Å². The molecule has 0 fully saturated rings. The molecule has 0 unspecified atom stereocenters. The molecule has 0 radical (unpaired) electrons. The Hall–Kier alpha value is -1.81. The number of nitrogens with zero attached hydrogens (tertiary/aromatic N) is 3. The zero-order valence-corrected chi connectivity index (χ0v) is 8.61. The first-order valence-electron chi connectivity index (χ1n) is 4.55. The Bertz CT molecular complexity index is 584. The fourth-order valence-electron chi connectivity index (χ4n) is 1.57. The number of aromatic nitrogens is 3. The molecule has 72 valence electrons. The summed E-state index contributed by atoms with van der Waals surface area (Å²) in [7, 11) is 0. The van der Waals surface area contributed by atoms with Gasteiger partial charge in [0.1, 0.15) is 11.2 Å². The van der Waals surface area contributed by atoms with Crippen LogP contribution in [0.15, 0.2) is 42.0 Å². The quantitative estimate of drug-likeness (QED) is 0.624. The van der Waals surface area contributed by atoms with Crippen LogP contribution in [0.1, 0.15) is 0 Å². The van der Waals surface area contributed by atoms with Gasteiger partial charge in [0.2, 0.25) is 0 Å². The third kappa shape index (κ3) is 1.39. The SMILES string of the molecule is c1ccc2c(-c3nncs3)nccc2c1. The first-order valence-corrected chi connectivity index (χ1v) is 5.43. The van der Waals surface area contributed by atoms with Crippen molar-refractivity contribution in [3.63, 3.8) is 0 Å². The standard InChI is InChI=1S/C11H7N3S/c1-2-4-9-8(3-1)5-6-12-10(9)11-14-13-7-15-11/h1-7H. The van der Waals surface area contributed by atoms with Crippen molar-refractivity contribution in [1.29, 1.82) is 0 Å². The van der Waals surface area contributed by atoms with E-state index in [0.717, 1.165) is 16.1 Å². The number of benzene rings is 1. The lowest BCUT2D eigenvalue weighted by atomic mass is 10.1. The van der Waals surface area contributed by atoms with Crippen molar-refractivity contribution in [2.75, 3.05) is 0 Å². The van der Waals surface area contributed by atoms with Gasteiger partial charge >= 0.3 is 0 Å². The predicted molar refractivity (Wildman–Crippen MR) is 60.6 cm³/mol. The third-order valence-corrected chi connectivity index (χ3v) is 2.93. The molecule has 15 heavy (non-hydrogen) atoms. The summed E-state index contributed by atoms with van der Waals surface area (Å²) in [4.78, 5) is 4.36.